The van der Waals surface area contributed by atoms with Crippen LogP contribution in [0.1, 0.15) is 12.8 Å². The Kier molecular flexibility index (Phi) is 4.53. The molecule has 0 amide bonds. The van der Waals surface area contributed by atoms with Crippen molar-refractivity contribution in [1.82, 2.24) is 0 Å². The van der Waals surface area contributed by atoms with Gasteiger partial charge < -0.3 is 0 Å². The van der Waals surface area contributed by atoms with E-state index in [-0.39, 0.29) is 40.9 Å². The first-order valence-electron chi connectivity index (χ1n) is 3.93. The van der Waals surface area contributed by atoms with Gasteiger partial charge in [0.1, 0.15) is 0 Å². The molecule has 0 heterocycles. The van der Waals surface area contributed by atoms with Gasteiger partial charge in [0.25, 0.3) is 0 Å². The van der Waals surface area contributed by atoms with Crippen LogP contribution in [-0.4, -0.2) is 0 Å². The van der Waals surface area contributed by atoms with E-state index < -0.39 is 0 Å². The normalized spacial score (nSPS) is 18.7. The summed E-state index contributed by atoms with van der Waals surface area (Å²) in [7, 11) is 0. The molecule has 2 heteroatoms. The zero-order chi connectivity index (χ0) is 7.52. The molecule has 0 N–H and O–H groups in total. The van der Waals surface area contributed by atoms with Gasteiger partial charge in [-0.25, -0.2) is 0 Å². The van der Waals surface area contributed by atoms with Crippen molar-refractivity contribution in [3.05, 3.63) is 44.2 Å². The van der Waals surface area contributed by atoms with Crippen molar-refractivity contribution < 1.29 is 40.9 Å². The predicted octanol–water partition coefficient (Wildman–Crippen LogP) is 2.75. The Balaban J connectivity index is 0.000000720. The maximum absolute atomic E-state index is 2.29. The maximum Gasteiger partial charge on any atom is 0 e. The molecule has 0 radical (unpaired) electrons. The summed E-state index contributed by atoms with van der Waals surface area (Å²) in [6, 6.07) is 0. The molecule has 0 spiro atoms. The zero-order valence-corrected chi connectivity index (χ0v) is 10.0. The molecule has 0 atom stereocenters. The van der Waals surface area contributed by atoms with E-state index in [0.29, 0.717) is 0 Å². The summed E-state index contributed by atoms with van der Waals surface area (Å²) in [6.45, 7) is 0. The molecule has 2 rings (SSSR count). The van der Waals surface area contributed by atoms with Crippen LogP contribution >= 0.6 is 0 Å². The molecule has 0 aromatic carbocycles. The summed E-state index contributed by atoms with van der Waals surface area (Å²) in [5.74, 6) is 0. The molecule has 0 saturated carbocycles. The molecule has 0 unspecified atom stereocenters. The van der Waals surface area contributed by atoms with Gasteiger partial charge in [0.05, 0.1) is 0 Å². The van der Waals surface area contributed by atoms with Crippen LogP contribution in [0.25, 0.3) is 0 Å². The molecule has 0 nitrogen and oxygen atoms in total. The first kappa shape index (κ1) is 10.5. The van der Waals surface area contributed by atoms with Crippen LogP contribution in [0.5, 0.6) is 0 Å². The van der Waals surface area contributed by atoms with Gasteiger partial charge in [0.15, 0.2) is 0 Å². The Morgan fingerprint density at radius 1 is 0.917 bits per heavy atom. The maximum atomic E-state index is 2.29. The quantitative estimate of drug-likeness (QED) is 0.635. The third-order valence-corrected chi connectivity index (χ3v) is 4.02. The van der Waals surface area contributed by atoms with Gasteiger partial charge in [-0.15, -0.1) is 0 Å². The minimum absolute atomic E-state index is 0. The van der Waals surface area contributed by atoms with Gasteiger partial charge >= 0.3 is 76.2 Å². The van der Waals surface area contributed by atoms with Crippen LogP contribution in [0.2, 0.25) is 0 Å². The monoisotopic (exact) mass is 226 g/mol. The zero-order valence-electron chi connectivity index (χ0n) is 6.88. The molecule has 0 aromatic rings. The Bertz CT molecular complexity index is 242. The van der Waals surface area contributed by atoms with E-state index in [0.717, 1.165) is 0 Å². The van der Waals surface area contributed by atoms with Gasteiger partial charge in [-0.1, -0.05) is 0 Å². The van der Waals surface area contributed by atoms with E-state index in [1.54, 1.807) is 7.76 Å². The molecule has 0 aliphatic heterocycles. The molecule has 2 aliphatic rings. The summed E-state index contributed by atoms with van der Waals surface area (Å²) in [5.41, 5.74) is 0. The van der Waals surface area contributed by atoms with Crippen molar-refractivity contribution in [2.45, 2.75) is 12.8 Å². The van der Waals surface area contributed by atoms with Gasteiger partial charge in [-0.2, -0.15) is 0 Å². The average Bonchev–Trinajstić information content (AvgIpc) is 2.60. The first-order chi connectivity index (χ1) is 5.45. The minimum atomic E-state index is 0. The van der Waals surface area contributed by atoms with Crippen molar-refractivity contribution in [1.29, 1.82) is 0 Å². The fraction of sp³-hybridized carbons (Fsp3) is 0.200. The second-order valence-corrected chi connectivity index (χ2v) is 5.17. The van der Waals surface area contributed by atoms with Gasteiger partial charge in [0, 0.05) is 21.7 Å². The number of hydrogen-bond acceptors (Lipinski definition) is 0. The van der Waals surface area contributed by atoms with Crippen molar-refractivity contribution in [2.75, 3.05) is 0 Å². The summed E-state index contributed by atoms with van der Waals surface area (Å²) < 4.78 is 3.36. The SMILES string of the molecule is C1=CC[C]([Ti][C]2=CC=CC2)=C1.[Ti]. The Morgan fingerprint density at radius 3 is 1.75 bits per heavy atom. The molecule has 58 valence electrons. The molecule has 12 heavy (non-hydrogen) atoms. The number of rotatable bonds is 2. The molecule has 0 bridgehead atoms. The Morgan fingerprint density at radius 2 is 1.42 bits per heavy atom. The average molecular weight is 226 g/mol. The van der Waals surface area contributed by atoms with Gasteiger partial charge in [-0.05, 0) is 0 Å². The van der Waals surface area contributed by atoms with E-state index in [2.05, 4.69) is 36.5 Å². The molecular formula is C10H10Ti2. The topological polar surface area (TPSA) is 0 Å². The van der Waals surface area contributed by atoms with E-state index >= 15 is 0 Å². The first-order valence-corrected chi connectivity index (χ1v) is 5.50. The van der Waals surface area contributed by atoms with Crippen LogP contribution in [0.15, 0.2) is 44.2 Å². The molecule has 2 aliphatic carbocycles. The Labute approximate surface area is 97.3 Å². The summed E-state index contributed by atoms with van der Waals surface area (Å²) in [6.07, 6.45) is 15.9. The van der Waals surface area contributed by atoms with Crippen LogP contribution in [0.3, 0.4) is 0 Å². The van der Waals surface area contributed by atoms with Crippen LogP contribution in [0, 0.1) is 0 Å². The largest absolute Gasteiger partial charge is 0 e. The van der Waals surface area contributed by atoms with E-state index in [9.17, 15) is 0 Å². The van der Waals surface area contributed by atoms with E-state index in [4.69, 9.17) is 0 Å². The standard InChI is InChI=1S/2C5H5.2Ti/c2*1-2-4-5-3-1;;/h2*1-3H,4H2;;. The molecule has 0 aromatic heterocycles. The predicted molar refractivity (Wildman–Crippen MR) is 43.7 cm³/mol. The van der Waals surface area contributed by atoms with E-state index in [1.807, 2.05) is 0 Å². The van der Waals surface area contributed by atoms with Crippen molar-refractivity contribution in [3.63, 3.8) is 0 Å². The molecule has 0 fully saturated rings. The van der Waals surface area contributed by atoms with Gasteiger partial charge in [0.2, 0.25) is 0 Å². The summed E-state index contributed by atoms with van der Waals surface area (Å²) in [5, 5.41) is 0. The Hall–Kier alpha value is 0.389. The summed E-state index contributed by atoms with van der Waals surface area (Å²) in [4.78, 5) is 0. The third kappa shape index (κ3) is 2.71. The van der Waals surface area contributed by atoms with Crippen molar-refractivity contribution >= 4 is 0 Å². The summed E-state index contributed by atoms with van der Waals surface area (Å²) >= 11 is 0.0833. The number of hydrogen-bond donors (Lipinski definition) is 0. The van der Waals surface area contributed by atoms with Crippen LogP contribution in [-0.2, 0) is 40.9 Å². The van der Waals surface area contributed by atoms with Crippen LogP contribution < -0.4 is 0 Å². The number of allylic oxidation sites excluding steroid dienone is 8. The van der Waals surface area contributed by atoms with Gasteiger partial charge in [-0.3, -0.25) is 0 Å². The van der Waals surface area contributed by atoms with Crippen LogP contribution in [0.4, 0.5) is 0 Å². The fourth-order valence-electron chi connectivity index (χ4n) is 1.29. The third-order valence-electron chi connectivity index (χ3n) is 1.86. The second-order valence-electron chi connectivity index (χ2n) is 2.77. The van der Waals surface area contributed by atoms with Crippen molar-refractivity contribution in [2.24, 2.45) is 0 Å². The minimum Gasteiger partial charge on any atom is 0 e. The smallest absolute Gasteiger partial charge is 0 e. The second kappa shape index (κ2) is 5.19. The molecule has 0 saturated heterocycles. The van der Waals surface area contributed by atoms with E-state index in [1.165, 1.54) is 12.8 Å². The van der Waals surface area contributed by atoms with Crippen molar-refractivity contribution in [3.8, 4) is 0 Å². The fourth-order valence-corrected chi connectivity index (χ4v) is 3.18. The molecular weight excluding hydrogens is 216 g/mol.